The van der Waals surface area contributed by atoms with Gasteiger partial charge in [0.25, 0.3) is 0 Å². The van der Waals surface area contributed by atoms with E-state index in [4.69, 9.17) is 9.47 Å². The minimum atomic E-state index is 0.532. The molecule has 0 aromatic heterocycles. The van der Waals surface area contributed by atoms with Crippen LogP contribution in [-0.4, -0.2) is 39.5 Å². The normalized spacial score (nSPS) is 12.3. The Labute approximate surface area is 122 Å². The van der Waals surface area contributed by atoms with Crippen molar-refractivity contribution in [2.45, 2.75) is 26.2 Å². The molecule has 1 aromatic rings. The van der Waals surface area contributed by atoms with Crippen molar-refractivity contribution in [1.29, 1.82) is 0 Å². The van der Waals surface area contributed by atoms with E-state index in [-0.39, 0.29) is 0 Å². The number of hydrogen-bond donors (Lipinski definition) is 2. The van der Waals surface area contributed by atoms with E-state index in [1.807, 2.05) is 12.1 Å². The number of benzene rings is 1. The lowest BCUT2D eigenvalue weighted by Crippen LogP contribution is -2.88. The molecule has 20 heavy (non-hydrogen) atoms. The number of rotatable bonds is 11. The van der Waals surface area contributed by atoms with Crippen molar-refractivity contribution in [2.75, 3.05) is 39.5 Å². The molecule has 0 aliphatic carbocycles. The van der Waals surface area contributed by atoms with Crippen molar-refractivity contribution in [3.8, 4) is 5.75 Å². The maximum Gasteiger partial charge on any atom is 0.125 e. The fourth-order valence-corrected chi connectivity index (χ4v) is 2.01. The smallest absolute Gasteiger partial charge is 0.125 e. The summed E-state index contributed by atoms with van der Waals surface area (Å²) in [5.41, 5.74) is 5.09. The van der Waals surface area contributed by atoms with Gasteiger partial charge in [0.1, 0.15) is 25.4 Å². The molecular weight excluding hydrogens is 252 g/mol. The predicted octanol–water partition coefficient (Wildman–Crippen LogP) is 0.401. The fraction of sp³-hybridized carbons (Fsp3) is 0.625. The number of quaternary nitrogens is 2. The van der Waals surface area contributed by atoms with E-state index in [1.165, 1.54) is 5.56 Å². The Morgan fingerprint density at radius 1 is 1.15 bits per heavy atom. The average Bonchev–Trinajstić information content (AvgIpc) is 2.49. The fourth-order valence-electron chi connectivity index (χ4n) is 2.01. The highest BCUT2D eigenvalue weighted by Crippen LogP contribution is 2.28. The van der Waals surface area contributed by atoms with Crippen LogP contribution in [0.1, 0.15) is 31.7 Å². The van der Waals surface area contributed by atoms with Crippen molar-refractivity contribution < 1.29 is 20.5 Å². The highest BCUT2D eigenvalue weighted by atomic mass is 16.5. The molecule has 1 atom stereocenters. The van der Waals surface area contributed by atoms with Crippen LogP contribution < -0.4 is 15.8 Å². The van der Waals surface area contributed by atoms with Crippen LogP contribution in [-0.2, 0) is 4.74 Å². The molecule has 0 spiro atoms. The Hall–Kier alpha value is -1.10. The molecule has 114 valence electrons. The van der Waals surface area contributed by atoms with Crippen LogP contribution in [0.4, 0.5) is 0 Å². The van der Waals surface area contributed by atoms with Gasteiger partial charge in [0.2, 0.25) is 0 Å². The third-order valence-corrected chi connectivity index (χ3v) is 3.42. The van der Waals surface area contributed by atoms with E-state index in [1.54, 1.807) is 0 Å². The number of ether oxygens (including phenoxy) is 2. The molecule has 0 aliphatic rings. The standard InChI is InChI=1S/C16H28N2O2/c1-3-14(2)15-6-4-5-7-16(15)20-13-12-19-11-10-18-9-8-17/h4-7,14,18H,3,8-13,17H2,1-2H3/p+2/t14-/m1/s1. The van der Waals surface area contributed by atoms with Crippen molar-refractivity contribution in [1.82, 2.24) is 0 Å². The molecular formula is C16H30N2O2+2. The second kappa shape index (κ2) is 10.7. The molecule has 0 unspecified atom stereocenters. The van der Waals surface area contributed by atoms with Crippen LogP contribution in [0, 0.1) is 0 Å². The topological polar surface area (TPSA) is 62.7 Å². The van der Waals surface area contributed by atoms with Gasteiger partial charge in [0, 0.05) is 0 Å². The Balaban J connectivity index is 2.22. The van der Waals surface area contributed by atoms with Gasteiger partial charge in [-0.1, -0.05) is 32.0 Å². The van der Waals surface area contributed by atoms with Gasteiger partial charge in [0.15, 0.2) is 0 Å². The van der Waals surface area contributed by atoms with E-state index in [0.29, 0.717) is 19.1 Å². The first kappa shape index (κ1) is 17.0. The second-order valence-corrected chi connectivity index (χ2v) is 5.03. The van der Waals surface area contributed by atoms with Gasteiger partial charge in [-0.3, -0.25) is 0 Å². The van der Waals surface area contributed by atoms with E-state index >= 15 is 0 Å². The Morgan fingerprint density at radius 2 is 1.95 bits per heavy atom. The Kier molecular flexibility index (Phi) is 9.04. The predicted molar refractivity (Wildman–Crippen MR) is 80.9 cm³/mol. The van der Waals surface area contributed by atoms with Gasteiger partial charge in [-0.2, -0.15) is 0 Å². The molecule has 0 amide bonds. The summed E-state index contributed by atoms with van der Waals surface area (Å²) in [6.07, 6.45) is 1.12. The highest BCUT2D eigenvalue weighted by Gasteiger charge is 2.09. The molecule has 4 heteroatoms. The van der Waals surface area contributed by atoms with Crippen LogP contribution in [0.15, 0.2) is 24.3 Å². The largest absolute Gasteiger partial charge is 0.491 e. The van der Waals surface area contributed by atoms with E-state index in [2.05, 4.69) is 37.0 Å². The van der Waals surface area contributed by atoms with Crippen LogP contribution in [0.25, 0.3) is 0 Å². The lowest BCUT2D eigenvalue weighted by molar-refractivity contribution is -0.671. The summed E-state index contributed by atoms with van der Waals surface area (Å²) in [6, 6.07) is 8.29. The van der Waals surface area contributed by atoms with Crippen LogP contribution >= 0.6 is 0 Å². The molecule has 1 rings (SSSR count). The van der Waals surface area contributed by atoms with Gasteiger partial charge < -0.3 is 20.5 Å². The maximum atomic E-state index is 5.84. The summed E-state index contributed by atoms with van der Waals surface area (Å²) >= 11 is 0. The summed E-state index contributed by atoms with van der Waals surface area (Å²) < 4.78 is 11.4. The first-order chi connectivity index (χ1) is 9.79. The first-order valence-electron chi connectivity index (χ1n) is 7.70. The monoisotopic (exact) mass is 282 g/mol. The van der Waals surface area contributed by atoms with E-state index in [0.717, 1.165) is 38.4 Å². The van der Waals surface area contributed by atoms with Crippen LogP contribution in [0.5, 0.6) is 5.75 Å². The van der Waals surface area contributed by atoms with Gasteiger partial charge >= 0.3 is 0 Å². The number of para-hydroxylation sites is 1. The molecule has 4 nitrogen and oxygen atoms in total. The van der Waals surface area contributed by atoms with Crippen LogP contribution in [0.3, 0.4) is 0 Å². The molecule has 0 saturated carbocycles. The highest BCUT2D eigenvalue weighted by molar-refractivity contribution is 5.35. The summed E-state index contributed by atoms with van der Waals surface area (Å²) in [5.74, 6) is 1.53. The molecule has 1 aromatic carbocycles. The van der Waals surface area contributed by atoms with Crippen molar-refractivity contribution in [3.05, 3.63) is 29.8 Å². The molecule has 0 radical (unpaired) electrons. The first-order valence-corrected chi connectivity index (χ1v) is 7.70. The maximum absolute atomic E-state index is 5.84. The van der Waals surface area contributed by atoms with Crippen LogP contribution in [0.2, 0.25) is 0 Å². The van der Waals surface area contributed by atoms with Gasteiger partial charge in [-0.15, -0.1) is 0 Å². The molecule has 0 fully saturated rings. The molecule has 0 bridgehead atoms. The lowest BCUT2D eigenvalue weighted by atomic mass is 9.98. The summed E-state index contributed by atoms with van der Waals surface area (Å²) in [6.45, 7) is 9.51. The van der Waals surface area contributed by atoms with Crippen molar-refractivity contribution in [2.24, 2.45) is 0 Å². The van der Waals surface area contributed by atoms with Gasteiger partial charge in [-0.05, 0) is 24.0 Å². The Bertz CT molecular complexity index is 358. The molecule has 5 N–H and O–H groups in total. The summed E-state index contributed by atoms with van der Waals surface area (Å²) in [7, 11) is 0. The van der Waals surface area contributed by atoms with Crippen molar-refractivity contribution in [3.63, 3.8) is 0 Å². The zero-order chi connectivity index (χ0) is 14.6. The van der Waals surface area contributed by atoms with E-state index < -0.39 is 0 Å². The third-order valence-electron chi connectivity index (χ3n) is 3.42. The van der Waals surface area contributed by atoms with Crippen molar-refractivity contribution >= 4 is 0 Å². The number of hydrogen-bond acceptors (Lipinski definition) is 2. The minimum Gasteiger partial charge on any atom is -0.491 e. The average molecular weight is 282 g/mol. The quantitative estimate of drug-likeness (QED) is 0.577. The summed E-state index contributed by atoms with van der Waals surface area (Å²) in [4.78, 5) is 0. The Morgan fingerprint density at radius 3 is 2.70 bits per heavy atom. The van der Waals surface area contributed by atoms with Gasteiger partial charge in [-0.25, -0.2) is 0 Å². The SMILES string of the molecule is CC[C@@H](C)c1ccccc1OCCOCC[NH2+]CC[NH3+]. The molecule has 0 heterocycles. The third kappa shape index (κ3) is 6.37. The lowest BCUT2D eigenvalue weighted by Gasteiger charge is -2.15. The number of nitrogens with two attached hydrogens (primary N) is 1. The zero-order valence-electron chi connectivity index (χ0n) is 12.9. The molecule has 0 saturated heterocycles. The summed E-state index contributed by atoms with van der Waals surface area (Å²) in [5, 5.41) is 2.23. The van der Waals surface area contributed by atoms with E-state index in [9.17, 15) is 0 Å². The molecule has 0 aliphatic heterocycles. The van der Waals surface area contributed by atoms with Gasteiger partial charge in [0.05, 0.1) is 19.8 Å². The minimum absolute atomic E-state index is 0.532. The second-order valence-electron chi connectivity index (χ2n) is 5.03. The zero-order valence-corrected chi connectivity index (χ0v) is 12.9.